The molecule has 0 unspecified atom stereocenters. The molecule has 2 aromatic rings. The van der Waals surface area contributed by atoms with Crippen LogP contribution >= 0.6 is 23.2 Å². The number of halogens is 2. The Kier molecular flexibility index (Phi) is 5.79. The largest absolute Gasteiger partial charge is 0.466 e. The topological polar surface area (TPSA) is 52.6 Å². The maximum atomic E-state index is 12.0. The van der Waals surface area contributed by atoms with Crippen LogP contribution in [0, 0.1) is 0 Å². The van der Waals surface area contributed by atoms with E-state index in [9.17, 15) is 9.59 Å². The van der Waals surface area contributed by atoms with Crippen LogP contribution in [-0.4, -0.2) is 19.0 Å². The lowest BCUT2D eigenvalue weighted by Gasteiger charge is -2.09. The van der Waals surface area contributed by atoms with Gasteiger partial charge in [0.1, 0.15) is 0 Å². The Morgan fingerprint density at radius 2 is 1.65 bits per heavy atom. The van der Waals surface area contributed by atoms with Gasteiger partial charge in [-0.2, -0.15) is 0 Å². The number of rotatable bonds is 4. The second-order valence-electron chi connectivity index (χ2n) is 4.43. The van der Waals surface area contributed by atoms with Gasteiger partial charge in [-0.25, -0.2) is 9.59 Å². The van der Waals surface area contributed by atoms with Crippen LogP contribution < -0.4 is 4.74 Å². The van der Waals surface area contributed by atoms with Gasteiger partial charge in [0.2, 0.25) is 0 Å². The van der Waals surface area contributed by atoms with E-state index in [1.165, 1.54) is 31.4 Å². The summed E-state index contributed by atoms with van der Waals surface area (Å²) in [5.74, 6) is -0.999. The molecule has 6 heteroatoms. The SMILES string of the molecule is COC(=O)/C=C/c1cc(Cl)c(OC(=O)c2ccccc2)c(Cl)c1. The van der Waals surface area contributed by atoms with Gasteiger partial charge in [0.25, 0.3) is 0 Å². The van der Waals surface area contributed by atoms with Gasteiger partial charge >= 0.3 is 11.9 Å². The van der Waals surface area contributed by atoms with Gasteiger partial charge in [-0.3, -0.25) is 0 Å². The summed E-state index contributed by atoms with van der Waals surface area (Å²) in [4.78, 5) is 23.1. The number of carbonyl (C=O) groups is 2. The summed E-state index contributed by atoms with van der Waals surface area (Å²) in [6.07, 6.45) is 2.73. The van der Waals surface area contributed by atoms with E-state index in [1.807, 2.05) is 0 Å². The lowest BCUT2D eigenvalue weighted by Crippen LogP contribution is -2.09. The first-order valence-electron chi connectivity index (χ1n) is 6.53. The number of esters is 2. The van der Waals surface area contributed by atoms with Crippen molar-refractivity contribution in [2.24, 2.45) is 0 Å². The van der Waals surface area contributed by atoms with Crippen LogP contribution in [0.1, 0.15) is 15.9 Å². The number of methoxy groups -OCH3 is 1. The van der Waals surface area contributed by atoms with Gasteiger partial charge < -0.3 is 9.47 Å². The van der Waals surface area contributed by atoms with Crippen molar-refractivity contribution in [1.82, 2.24) is 0 Å². The monoisotopic (exact) mass is 350 g/mol. The Balaban J connectivity index is 2.22. The second-order valence-corrected chi connectivity index (χ2v) is 5.24. The summed E-state index contributed by atoms with van der Waals surface area (Å²) >= 11 is 12.2. The van der Waals surface area contributed by atoms with Crippen molar-refractivity contribution >= 4 is 41.2 Å². The highest BCUT2D eigenvalue weighted by Gasteiger charge is 2.15. The molecule has 118 valence electrons. The van der Waals surface area contributed by atoms with Crippen molar-refractivity contribution in [1.29, 1.82) is 0 Å². The molecule has 4 nitrogen and oxygen atoms in total. The van der Waals surface area contributed by atoms with Crippen LogP contribution in [-0.2, 0) is 9.53 Å². The first-order chi connectivity index (χ1) is 11.0. The zero-order chi connectivity index (χ0) is 16.8. The Morgan fingerprint density at radius 3 is 2.22 bits per heavy atom. The first-order valence-corrected chi connectivity index (χ1v) is 7.29. The molecular weight excluding hydrogens is 339 g/mol. The number of carbonyl (C=O) groups excluding carboxylic acids is 2. The highest BCUT2D eigenvalue weighted by Crippen LogP contribution is 2.35. The third-order valence-electron chi connectivity index (χ3n) is 2.84. The van der Waals surface area contributed by atoms with E-state index in [1.54, 1.807) is 30.3 Å². The zero-order valence-electron chi connectivity index (χ0n) is 12.1. The van der Waals surface area contributed by atoms with Crippen LogP contribution in [0.25, 0.3) is 6.08 Å². The summed E-state index contributed by atoms with van der Waals surface area (Å²) in [7, 11) is 1.28. The fourth-order valence-corrected chi connectivity index (χ4v) is 2.31. The van der Waals surface area contributed by atoms with Crippen molar-refractivity contribution in [2.45, 2.75) is 0 Å². The van der Waals surface area contributed by atoms with Gasteiger partial charge in [0.15, 0.2) is 5.75 Å². The Morgan fingerprint density at radius 1 is 1.04 bits per heavy atom. The molecule has 0 amide bonds. The maximum Gasteiger partial charge on any atom is 0.343 e. The minimum absolute atomic E-state index is 0.0670. The van der Waals surface area contributed by atoms with E-state index < -0.39 is 11.9 Å². The molecule has 0 saturated carbocycles. The predicted molar refractivity (Wildman–Crippen MR) is 88.9 cm³/mol. The average molecular weight is 351 g/mol. The highest BCUT2D eigenvalue weighted by atomic mass is 35.5. The maximum absolute atomic E-state index is 12.0. The fraction of sp³-hybridized carbons (Fsp3) is 0.0588. The lowest BCUT2D eigenvalue weighted by atomic mass is 10.2. The van der Waals surface area contributed by atoms with Crippen LogP contribution in [0.15, 0.2) is 48.5 Å². The predicted octanol–water partition coefficient (Wildman–Crippen LogP) is 4.40. The van der Waals surface area contributed by atoms with Crippen LogP contribution in [0.5, 0.6) is 5.75 Å². The Bertz CT molecular complexity index is 731. The third-order valence-corrected chi connectivity index (χ3v) is 3.40. The normalized spacial score (nSPS) is 10.6. The lowest BCUT2D eigenvalue weighted by molar-refractivity contribution is -0.134. The van der Waals surface area contributed by atoms with Crippen LogP contribution in [0.3, 0.4) is 0 Å². The quantitative estimate of drug-likeness (QED) is 0.465. The molecule has 0 atom stereocenters. The minimum atomic E-state index is -0.563. The molecule has 0 spiro atoms. The van der Waals surface area contributed by atoms with E-state index in [-0.39, 0.29) is 15.8 Å². The Hall–Kier alpha value is -2.30. The molecule has 0 saturated heterocycles. The summed E-state index contributed by atoms with van der Waals surface area (Å²) < 4.78 is 9.74. The summed E-state index contributed by atoms with van der Waals surface area (Å²) in [6.45, 7) is 0. The summed E-state index contributed by atoms with van der Waals surface area (Å²) in [5, 5.41) is 0.317. The Labute approximate surface area is 143 Å². The van der Waals surface area contributed by atoms with Crippen molar-refractivity contribution in [3.8, 4) is 5.75 Å². The number of benzene rings is 2. The molecule has 0 fully saturated rings. The molecule has 23 heavy (non-hydrogen) atoms. The van der Waals surface area contributed by atoms with Crippen molar-refractivity contribution in [3.63, 3.8) is 0 Å². The molecule has 2 aromatic carbocycles. The number of ether oxygens (including phenoxy) is 2. The number of hydrogen-bond donors (Lipinski definition) is 0. The van der Waals surface area contributed by atoms with Gasteiger partial charge in [-0.05, 0) is 35.9 Å². The summed E-state index contributed by atoms with van der Waals surface area (Å²) in [6, 6.07) is 11.5. The number of hydrogen-bond acceptors (Lipinski definition) is 4. The summed E-state index contributed by atoms with van der Waals surface area (Å²) in [5.41, 5.74) is 0.958. The minimum Gasteiger partial charge on any atom is -0.466 e. The standard InChI is InChI=1S/C17H12Cl2O4/c1-22-15(20)8-7-11-9-13(18)16(14(19)10-11)23-17(21)12-5-3-2-4-6-12/h2-10H,1H3/b8-7+. The highest BCUT2D eigenvalue weighted by molar-refractivity contribution is 6.37. The van der Waals surface area contributed by atoms with E-state index in [0.717, 1.165) is 0 Å². The molecule has 0 aliphatic heterocycles. The zero-order valence-corrected chi connectivity index (χ0v) is 13.6. The van der Waals surface area contributed by atoms with Crippen molar-refractivity contribution < 1.29 is 19.1 Å². The molecule has 2 rings (SSSR count). The van der Waals surface area contributed by atoms with Gasteiger partial charge in [0.05, 0.1) is 22.7 Å². The van der Waals surface area contributed by atoms with Crippen molar-refractivity contribution in [3.05, 3.63) is 69.7 Å². The van der Waals surface area contributed by atoms with E-state index in [4.69, 9.17) is 27.9 Å². The average Bonchev–Trinajstić information content (AvgIpc) is 2.56. The smallest absolute Gasteiger partial charge is 0.343 e. The van der Waals surface area contributed by atoms with E-state index >= 15 is 0 Å². The van der Waals surface area contributed by atoms with Gasteiger partial charge in [-0.15, -0.1) is 0 Å². The molecular formula is C17H12Cl2O4. The molecule has 0 bridgehead atoms. The molecule has 0 aliphatic carbocycles. The molecule has 0 radical (unpaired) electrons. The van der Waals surface area contributed by atoms with E-state index in [0.29, 0.717) is 11.1 Å². The molecule has 0 aliphatic rings. The molecule has 0 N–H and O–H groups in total. The van der Waals surface area contributed by atoms with Crippen LogP contribution in [0.2, 0.25) is 10.0 Å². The van der Waals surface area contributed by atoms with Crippen LogP contribution in [0.4, 0.5) is 0 Å². The third kappa shape index (κ3) is 4.58. The molecule has 0 heterocycles. The second kappa shape index (κ2) is 7.81. The van der Waals surface area contributed by atoms with Gasteiger partial charge in [-0.1, -0.05) is 41.4 Å². The van der Waals surface area contributed by atoms with E-state index in [2.05, 4.69) is 4.74 Å². The van der Waals surface area contributed by atoms with Crippen molar-refractivity contribution in [2.75, 3.05) is 7.11 Å². The first kappa shape index (κ1) is 17.1. The molecule has 0 aromatic heterocycles. The van der Waals surface area contributed by atoms with Gasteiger partial charge in [0, 0.05) is 6.08 Å². The fourth-order valence-electron chi connectivity index (χ4n) is 1.73.